The second kappa shape index (κ2) is 7.69. The number of rotatable bonds is 6. The first-order valence-electron chi connectivity index (χ1n) is 8.86. The number of aromatic nitrogens is 2. The van der Waals surface area contributed by atoms with Gasteiger partial charge >= 0.3 is 11.7 Å². The Balaban J connectivity index is 1.60. The number of esters is 1. The average Bonchev–Trinajstić information content (AvgIpc) is 2.92. The second-order valence-electron chi connectivity index (χ2n) is 6.71. The number of carbonyl (C=O) groups is 2. The smallest absolute Gasteiger partial charge is 0.328 e. The van der Waals surface area contributed by atoms with E-state index >= 15 is 0 Å². The molecule has 0 atom stereocenters. The van der Waals surface area contributed by atoms with Crippen LogP contribution in [0.4, 0.5) is 5.69 Å². The Kier molecular flexibility index (Phi) is 5.34. The van der Waals surface area contributed by atoms with E-state index in [0.717, 1.165) is 19.3 Å². The Morgan fingerprint density at radius 3 is 2.59 bits per heavy atom. The number of hydrogen-bond donors (Lipinski definition) is 0. The number of hydrogen-bond acceptors (Lipinski definition) is 6. The van der Waals surface area contributed by atoms with Crippen molar-refractivity contribution in [2.45, 2.75) is 46.1 Å². The van der Waals surface area contributed by atoms with Gasteiger partial charge in [-0.2, -0.15) is 5.10 Å². The summed E-state index contributed by atoms with van der Waals surface area (Å²) in [5.41, 5.74) is 3.39. The zero-order valence-electron chi connectivity index (χ0n) is 15.4. The van der Waals surface area contributed by atoms with E-state index in [1.54, 1.807) is 6.07 Å². The van der Waals surface area contributed by atoms with Crippen molar-refractivity contribution >= 4 is 17.4 Å². The predicted octanol–water partition coefficient (Wildman–Crippen LogP) is 2.71. The van der Waals surface area contributed by atoms with Gasteiger partial charge in [0.2, 0.25) is 0 Å². The van der Waals surface area contributed by atoms with E-state index < -0.39 is 10.9 Å². The van der Waals surface area contributed by atoms with Crippen LogP contribution in [0.25, 0.3) is 0 Å². The van der Waals surface area contributed by atoms with Crippen LogP contribution in [0.15, 0.2) is 18.2 Å². The summed E-state index contributed by atoms with van der Waals surface area (Å²) in [5.74, 6) is -0.933. The third-order valence-corrected chi connectivity index (χ3v) is 4.84. The van der Waals surface area contributed by atoms with Crippen LogP contribution in [0.2, 0.25) is 0 Å². The highest BCUT2D eigenvalue weighted by molar-refractivity contribution is 5.98. The molecule has 0 N–H and O–H groups in total. The van der Waals surface area contributed by atoms with Crippen LogP contribution < -0.4 is 0 Å². The van der Waals surface area contributed by atoms with Crippen LogP contribution in [-0.2, 0) is 28.9 Å². The molecule has 0 radical (unpaired) electrons. The van der Waals surface area contributed by atoms with E-state index in [2.05, 4.69) is 5.10 Å². The van der Waals surface area contributed by atoms with Crippen molar-refractivity contribution in [3.63, 3.8) is 0 Å². The zero-order chi connectivity index (χ0) is 19.6. The molecule has 8 heteroatoms. The van der Waals surface area contributed by atoms with Gasteiger partial charge in [0, 0.05) is 5.56 Å². The van der Waals surface area contributed by atoms with E-state index in [9.17, 15) is 19.7 Å². The fourth-order valence-electron chi connectivity index (χ4n) is 3.41. The Morgan fingerprint density at radius 1 is 1.22 bits per heavy atom. The summed E-state index contributed by atoms with van der Waals surface area (Å²) in [4.78, 5) is 34.8. The van der Waals surface area contributed by atoms with Gasteiger partial charge in [-0.15, -0.1) is 0 Å². The molecule has 3 rings (SSSR count). The van der Waals surface area contributed by atoms with Gasteiger partial charge in [-0.05, 0) is 56.7 Å². The monoisotopic (exact) mass is 371 g/mol. The molecule has 0 amide bonds. The van der Waals surface area contributed by atoms with Crippen molar-refractivity contribution in [3.8, 4) is 0 Å². The van der Waals surface area contributed by atoms with Crippen LogP contribution in [0.1, 0.15) is 45.7 Å². The largest absolute Gasteiger partial charge is 0.456 e. The van der Waals surface area contributed by atoms with Crippen LogP contribution in [-0.4, -0.2) is 33.1 Å². The Morgan fingerprint density at radius 2 is 1.93 bits per heavy atom. The van der Waals surface area contributed by atoms with Gasteiger partial charge in [-0.1, -0.05) is 12.1 Å². The Hall–Kier alpha value is -3.03. The van der Waals surface area contributed by atoms with Crippen molar-refractivity contribution in [1.29, 1.82) is 0 Å². The highest BCUT2D eigenvalue weighted by Crippen LogP contribution is 2.23. The molecule has 1 heterocycles. The average molecular weight is 371 g/mol. The number of fused-ring (bicyclic) bond motifs is 1. The maximum absolute atomic E-state index is 12.3. The summed E-state index contributed by atoms with van der Waals surface area (Å²) in [7, 11) is 0. The number of ketones is 1. The minimum atomic E-state index is -0.665. The number of nitrogens with zero attached hydrogens (tertiary/aromatic N) is 3. The van der Waals surface area contributed by atoms with Gasteiger partial charge in [0.05, 0.1) is 4.92 Å². The van der Waals surface area contributed by atoms with Crippen LogP contribution in [0, 0.1) is 24.0 Å². The second-order valence-corrected chi connectivity index (χ2v) is 6.71. The number of Topliss-reactive ketones (excluding diaryl/α,β-unsaturated/α-hetero) is 1. The first-order chi connectivity index (χ1) is 12.9. The van der Waals surface area contributed by atoms with E-state index in [1.165, 1.54) is 36.1 Å². The van der Waals surface area contributed by atoms with Crippen molar-refractivity contribution in [1.82, 2.24) is 9.78 Å². The lowest BCUT2D eigenvalue weighted by atomic mass is 9.90. The fraction of sp³-hybridized carbons (Fsp3) is 0.421. The lowest BCUT2D eigenvalue weighted by molar-refractivity contribution is -0.386. The quantitative estimate of drug-likeness (QED) is 0.335. The molecule has 27 heavy (non-hydrogen) atoms. The fourth-order valence-corrected chi connectivity index (χ4v) is 3.41. The van der Waals surface area contributed by atoms with E-state index in [4.69, 9.17) is 4.74 Å². The van der Waals surface area contributed by atoms with Gasteiger partial charge < -0.3 is 4.74 Å². The molecule has 142 valence electrons. The normalized spacial score (nSPS) is 13.1. The zero-order valence-corrected chi connectivity index (χ0v) is 15.4. The van der Waals surface area contributed by atoms with Gasteiger partial charge in [0.25, 0.3) is 0 Å². The highest BCUT2D eigenvalue weighted by Gasteiger charge is 2.23. The van der Waals surface area contributed by atoms with Gasteiger partial charge in [-0.3, -0.25) is 24.4 Å². The van der Waals surface area contributed by atoms with Crippen molar-refractivity contribution in [2.24, 2.45) is 0 Å². The lowest BCUT2D eigenvalue weighted by Gasteiger charge is -2.16. The van der Waals surface area contributed by atoms with Crippen LogP contribution in [0.5, 0.6) is 0 Å². The molecule has 0 bridgehead atoms. The van der Waals surface area contributed by atoms with Crippen LogP contribution in [0.3, 0.4) is 0 Å². The number of aryl methyl sites for hydroxylation is 3. The number of nitro groups is 1. The summed E-state index contributed by atoms with van der Waals surface area (Å²) < 4.78 is 6.27. The number of ether oxygens (including phenoxy) is 1. The molecule has 0 aliphatic heterocycles. The summed E-state index contributed by atoms with van der Waals surface area (Å²) in [6.07, 6.45) is 4.29. The maximum atomic E-state index is 12.3. The topological polar surface area (TPSA) is 104 Å². The van der Waals surface area contributed by atoms with Crippen molar-refractivity contribution in [2.75, 3.05) is 6.61 Å². The van der Waals surface area contributed by atoms with E-state index in [-0.39, 0.29) is 36.0 Å². The molecule has 0 saturated carbocycles. The summed E-state index contributed by atoms with van der Waals surface area (Å²) in [6, 6.07) is 5.62. The molecule has 0 unspecified atom stereocenters. The molecule has 0 saturated heterocycles. The molecule has 8 nitrogen and oxygen atoms in total. The molecule has 1 aromatic heterocycles. The molecular formula is C19H21N3O5. The minimum Gasteiger partial charge on any atom is -0.456 e. The Bertz CT molecular complexity index is 916. The van der Waals surface area contributed by atoms with E-state index in [1.807, 2.05) is 12.1 Å². The molecule has 1 aromatic carbocycles. The summed E-state index contributed by atoms with van der Waals surface area (Å²) in [5, 5.41) is 15.0. The molecule has 0 spiro atoms. The van der Waals surface area contributed by atoms with Gasteiger partial charge in [-0.25, -0.2) is 0 Å². The highest BCUT2D eigenvalue weighted by atomic mass is 16.6. The molecule has 2 aromatic rings. The summed E-state index contributed by atoms with van der Waals surface area (Å²) >= 11 is 0. The third-order valence-electron chi connectivity index (χ3n) is 4.84. The molecule has 0 fully saturated rings. The van der Waals surface area contributed by atoms with Crippen molar-refractivity contribution < 1.29 is 19.2 Å². The molecule has 1 aliphatic rings. The van der Waals surface area contributed by atoms with Gasteiger partial charge in [0.1, 0.15) is 17.9 Å². The minimum absolute atomic E-state index is 0.118. The first-order valence-corrected chi connectivity index (χ1v) is 8.86. The van der Waals surface area contributed by atoms with Gasteiger partial charge in [0.15, 0.2) is 12.4 Å². The Labute approximate surface area is 156 Å². The molecular weight excluding hydrogens is 350 g/mol. The first kappa shape index (κ1) is 18.8. The predicted molar refractivity (Wildman–Crippen MR) is 96.7 cm³/mol. The third kappa shape index (κ3) is 4.05. The lowest BCUT2D eigenvalue weighted by Crippen LogP contribution is -2.20. The number of benzene rings is 1. The standard InChI is InChI=1S/C19H21N3O5/c1-12-19(22(25)26)13(2)21(20-12)10-18(24)27-11-17(23)16-8-7-14-5-3-4-6-15(14)9-16/h7-9H,3-6,10-11H2,1-2H3. The van der Waals surface area contributed by atoms with Crippen LogP contribution >= 0.6 is 0 Å². The molecule has 1 aliphatic carbocycles. The number of carbonyl (C=O) groups excluding carboxylic acids is 2. The SMILES string of the molecule is Cc1nn(CC(=O)OCC(=O)c2ccc3c(c2)CCCC3)c(C)c1[N+](=O)[O-]. The maximum Gasteiger partial charge on any atom is 0.328 e. The summed E-state index contributed by atoms with van der Waals surface area (Å²) in [6.45, 7) is 2.38. The van der Waals surface area contributed by atoms with Crippen molar-refractivity contribution in [3.05, 3.63) is 56.4 Å². The van der Waals surface area contributed by atoms with E-state index in [0.29, 0.717) is 5.56 Å².